The van der Waals surface area contributed by atoms with Gasteiger partial charge >= 0.3 is 0 Å². The molecule has 0 aromatic carbocycles. The zero-order chi connectivity index (χ0) is 14.6. The van der Waals surface area contributed by atoms with E-state index in [9.17, 15) is 4.79 Å². The quantitative estimate of drug-likeness (QED) is 0.783. The molecule has 1 atom stereocenters. The first-order valence-electron chi connectivity index (χ1n) is 6.85. The minimum absolute atomic E-state index is 0.200. The van der Waals surface area contributed by atoms with Crippen LogP contribution in [0.4, 0.5) is 0 Å². The summed E-state index contributed by atoms with van der Waals surface area (Å²) < 4.78 is 1.89. The van der Waals surface area contributed by atoms with Crippen LogP contribution in [-0.2, 0) is 17.9 Å². The Labute approximate surface area is 115 Å². The van der Waals surface area contributed by atoms with E-state index >= 15 is 0 Å². The predicted molar refractivity (Wildman–Crippen MR) is 76.6 cm³/mol. The highest BCUT2D eigenvalue weighted by Gasteiger charge is 2.15. The monoisotopic (exact) mass is 266 g/mol. The summed E-state index contributed by atoms with van der Waals surface area (Å²) in [6, 6.07) is 0. The average Bonchev–Trinajstić information content (AvgIpc) is 2.56. The van der Waals surface area contributed by atoms with E-state index in [2.05, 4.69) is 24.3 Å². The highest BCUT2D eigenvalue weighted by Crippen LogP contribution is 2.14. The Morgan fingerprint density at radius 1 is 1.37 bits per heavy atom. The maximum Gasteiger partial charge on any atom is 0.222 e. The molecule has 1 heterocycles. The van der Waals surface area contributed by atoms with E-state index < -0.39 is 0 Å². The number of nitrogens with two attached hydrogens (primary N) is 1. The molecule has 0 spiro atoms. The first-order chi connectivity index (χ1) is 8.82. The van der Waals surface area contributed by atoms with Gasteiger partial charge in [-0.1, -0.05) is 20.8 Å². The Morgan fingerprint density at radius 3 is 2.53 bits per heavy atom. The van der Waals surface area contributed by atoms with Gasteiger partial charge in [-0.25, -0.2) is 0 Å². The summed E-state index contributed by atoms with van der Waals surface area (Å²) in [5.41, 5.74) is 8.65. The number of aryl methyl sites for hydroxylation is 1. The Morgan fingerprint density at radius 2 is 2.00 bits per heavy atom. The van der Waals surface area contributed by atoms with Crippen LogP contribution in [0.5, 0.6) is 0 Å². The number of rotatable bonds is 7. The van der Waals surface area contributed by atoms with E-state index in [0.717, 1.165) is 24.5 Å². The number of hydrogen-bond acceptors (Lipinski definition) is 3. The topological polar surface area (TPSA) is 72.9 Å². The Kier molecular flexibility index (Phi) is 5.54. The highest BCUT2D eigenvalue weighted by molar-refractivity contribution is 5.76. The molecule has 0 saturated heterocycles. The summed E-state index contributed by atoms with van der Waals surface area (Å²) in [6.45, 7) is 12.6. The van der Waals surface area contributed by atoms with Crippen molar-refractivity contribution in [2.75, 3.05) is 6.54 Å². The molecular formula is C14H26N4O. The molecule has 1 unspecified atom stereocenters. The van der Waals surface area contributed by atoms with Crippen LogP contribution in [0.15, 0.2) is 0 Å². The van der Waals surface area contributed by atoms with Crippen molar-refractivity contribution >= 4 is 5.91 Å². The molecule has 1 rings (SSSR count). The van der Waals surface area contributed by atoms with Crippen molar-refractivity contribution < 1.29 is 4.79 Å². The van der Waals surface area contributed by atoms with Crippen molar-refractivity contribution in [2.24, 2.45) is 17.6 Å². The summed E-state index contributed by atoms with van der Waals surface area (Å²) in [5.74, 6) is 0.145. The van der Waals surface area contributed by atoms with Gasteiger partial charge in [0.2, 0.25) is 5.91 Å². The van der Waals surface area contributed by atoms with E-state index in [1.54, 1.807) is 0 Å². The molecule has 5 nitrogen and oxygen atoms in total. The maximum atomic E-state index is 11.1. The third kappa shape index (κ3) is 4.35. The number of primary amides is 1. The minimum Gasteiger partial charge on any atom is -0.369 e. The molecule has 0 aliphatic heterocycles. The van der Waals surface area contributed by atoms with Crippen molar-refractivity contribution in [2.45, 2.75) is 47.7 Å². The summed E-state index contributed by atoms with van der Waals surface area (Å²) in [5, 5.41) is 7.93. The molecule has 0 aliphatic rings. The van der Waals surface area contributed by atoms with E-state index in [-0.39, 0.29) is 11.8 Å². The largest absolute Gasteiger partial charge is 0.369 e. The second-order valence-electron chi connectivity index (χ2n) is 5.66. The first kappa shape index (κ1) is 15.7. The maximum absolute atomic E-state index is 11.1. The number of carbonyl (C=O) groups is 1. The standard InChI is InChI=1S/C14H26N4O/c1-9(2)6-16-7-13-11(4)17-18(12(13)5)8-10(3)14(15)19/h9-10,16H,6-8H2,1-5H3,(H2,15,19). The average molecular weight is 266 g/mol. The van der Waals surface area contributed by atoms with Gasteiger partial charge in [0, 0.05) is 17.8 Å². The molecule has 108 valence electrons. The van der Waals surface area contributed by atoms with Crippen LogP contribution < -0.4 is 11.1 Å². The molecule has 19 heavy (non-hydrogen) atoms. The second-order valence-corrected chi connectivity index (χ2v) is 5.66. The normalized spacial score (nSPS) is 12.9. The SMILES string of the molecule is Cc1nn(CC(C)C(N)=O)c(C)c1CNCC(C)C. The van der Waals surface area contributed by atoms with E-state index in [4.69, 9.17) is 5.73 Å². The molecule has 0 fully saturated rings. The Bertz CT molecular complexity index is 437. The van der Waals surface area contributed by atoms with Gasteiger partial charge in [-0.15, -0.1) is 0 Å². The van der Waals surface area contributed by atoms with Crippen molar-refractivity contribution in [1.29, 1.82) is 0 Å². The summed E-state index contributed by atoms with van der Waals surface area (Å²) in [4.78, 5) is 11.1. The van der Waals surface area contributed by atoms with E-state index in [1.165, 1.54) is 5.56 Å². The Hall–Kier alpha value is -1.36. The fraction of sp³-hybridized carbons (Fsp3) is 0.714. The lowest BCUT2D eigenvalue weighted by atomic mass is 10.1. The van der Waals surface area contributed by atoms with Gasteiger partial charge in [0.05, 0.1) is 18.2 Å². The fourth-order valence-corrected chi connectivity index (χ4v) is 2.00. The smallest absolute Gasteiger partial charge is 0.222 e. The van der Waals surface area contributed by atoms with E-state index in [1.807, 2.05) is 25.5 Å². The van der Waals surface area contributed by atoms with Gasteiger partial charge in [-0.05, 0) is 26.3 Å². The van der Waals surface area contributed by atoms with Gasteiger partial charge in [0.15, 0.2) is 0 Å². The van der Waals surface area contributed by atoms with Crippen LogP contribution >= 0.6 is 0 Å². The molecule has 3 N–H and O–H groups in total. The molecule has 1 amide bonds. The third-order valence-electron chi connectivity index (χ3n) is 3.32. The molecule has 0 saturated carbocycles. The van der Waals surface area contributed by atoms with Crippen LogP contribution in [0.25, 0.3) is 0 Å². The molecular weight excluding hydrogens is 240 g/mol. The van der Waals surface area contributed by atoms with Crippen LogP contribution in [0, 0.1) is 25.7 Å². The van der Waals surface area contributed by atoms with Crippen LogP contribution in [0.3, 0.4) is 0 Å². The van der Waals surface area contributed by atoms with Gasteiger partial charge in [0.1, 0.15) is 0 Å². The lowest BCUT2D eigenvalue weighted by Crippen LogP contribution is -2.25. The van der Waals surface area contributed by atoms with Crippen LogP contribution in [0.1, 0.15) is 37.7 Å². The lowest BCUT2D eigenvalue weighted by molar-refractivity contribution is -0.121. The number of nitrogens with zero attached hydrogens (tertiary/aromatic N) is 2. The number of hydrogen-bond donors (Lipinski definition) is 2. The van der Waals surface area contributed by atoms with Crippen molar-refractivity contribution in [1.82, 2.24) is 15.1 Å². The number of amides is 1. The zero-order valence-electron chi connectivity index (χ0n) is 12.7. The summed E-state index contributed by atoms with van der Waals surface area (Å²) >= 11 is 0. The predicted octanol–water partition coefficient (Wildman–Crippen LogP) is 1.37. The zero-order valence-corrected chi connectivity index (χ0v) is 12.7. The van der Waals surface area contributed by atoms with Crippen molar-refractivity contribution in [3.8, 4) is 0 Å². The van der Waals surface area contributed by atoms with Gasteiger partial charge < -0.3 is 11.1 Å². The highest BCUT2D eigenvalue weighted by atomic mass is 16.1. The fourth-order valence-electron chi connectivity index (χ4n) is 2.00. The number of nitrogens with one attached hydrogen (secondary N) is 1. The van der Waals surface area contributed by atoms with Gasteiger partial charge in [-0.2, -0.15) is 5.10 Å². The molecule has 1 aromatic rings. The molecule has 0 aliphatic carbocycles. The van der Waals surface area contributed by atoms with Crippen molar-refractivity contribution in [3.05, 3.63) is 17.0 Å². The number of carbonyl (C=O) groups excluding carboxylic acids is 1. The molecule has 1 aromatic heterocycles. The molecule has 0 bridgehead atoms. The van der Waals surface area contributed by atoms with Crippen LogP contribution in [-0.4, -0.2) is 22.2 Å². The lowest BCUT2D eigenvalue weighted by Gasteiger charge is -2.10. The summed E-state index contributed by atoms with van der Waals surface area (Å²) in [6.07, 6.45) is 0. The molecule has 0 radical (unpaired) electrons. The number of aromatic nitrogens is 2. The summed E-state index contributed by atoms with van der Waals surface area (Å²) in [7, 11) is 0. The first-order valence-corrected chi connectivity index (χ1v) is 6.85. The van der Waals surface area contributed by atoms with Gasteiger partial charge in [0.25, 0.3) is 0 Å². The van der Waals surface area contributed by atoms with Crippen molar-refractivity contribution in [3.63, 3.8) is 0 Å². The Balaban J connectivity index is 2.73. The van der Waals surface area contributed by atoms with Gasteiger partial charge in [-0.3, -0.25) is 9.48 Å². The third-order valence-corrected chi connectivity index (χ3v) is 3.32. The molecule has 5 heteroatoms. The van der Waals surface area contributed by atoms with Crippen LogP contribution in [0.2, 0.25) is 0 Å². The van der Waals surface area contributed by atoms with E-state index in [0.29, 0.717) is 12.5 Å². The second kappa shape index (κ2) is 6.70. The minimum atomic E-state index is -0.285.